The number of hydrogen-bond donors (Lipinski definition) is 1. The Hall–Kier alpha value is -1.39. The Morgan fingerprint density at radius 2 is 1.88 bits per heavy atom. The molecule has 0 aromatic carbocycles. The number of Topliss-reactive ketones (excluding diaryl/α,β-unsaturated/α-hetero) is 1. The zero-order valence-electron chi connectivity index (χ0n) is 10.0. The maximum atomic E-state index is 11.5. The molecule has 92 valence electrons. The third-order valence-corrected chi connectivity index (χ3v) is 2.10. The number of carbonyl (C=O) groups excluding carboxylic acids is 3. The van der Waals surface area contributed by atoms with Crippen LogP contribution in [0.5, 0.6) is 0 Å². The highest BCUT2D eigenvalue weighted by atomic mass is 16.5. The summed E-state index contributed by atoms with van der Waals surface area (Å²) in [5.41, 5.74) is 0. The van der Waals surface area contributed by atoms with Crippen LogP contribution in [0.4, 0.5) is 0 Å². The van der Waals surface area contributed by atoms with E-state index in [0.29, 0.717) is 6.42 Å². The van der Waals surface area contributed by atoms with Crippen LogP contribution in [0, 0.1) is 5.92 Å². The van der Waals surface area contributed by atoms with Gasteiger partial charge in [0.1, 0.15) is 12.3 Å². The van der Waals surface area contributed by atoms with E-state index in [-0.39, 0.29) is 18.9 Å². The summed E-state index contributed by atoms with van der Waals surface area (Å²) in [4.78, 5) is 33.7. The standard InChI is InChI=1S/C11H19NO4/c1-4-6-9(8(3)13)11(15)12-7-10(14)16-5-2/h9H,4-7H2,1-3H3,(H,12,15). The number of rotatable bonds is 7. The van der Waals surface area contributed by atoms with Crippen LogP contribution in [0.25, 0.3) is 0 Å². The molecule has 0 aliphatic rings. The second-order valence-electron chi connectivity index (χ2n) is 3.47. The van der Waals surface area contributed by atoms with E-state index in [2.05, 4.69) is 10.1 Å². The molecule has 1 amide bonds. The van der Waals surface area contributed by atoms with E-state index in [1.165, 1.54) is 6.92 Å². The molecule has 5 heteroatoms. The quantitative estimate of drug-likeness (QED) is 0.514. The first-order valence-electron chi connectivity index (χ1n) is 5.46. The van der Waals surface area contributed by atoms with Crippen molar-refractivity contribution in [2.24, 2.45) is 5.92 Å². The highest BCUT2D eigenvalue weighted by Gasteiger charge is 2.22. The second kappa shape index (κ2) is 7.84. The van der Waals surface area contributed by atoms with Crippen LogP contribution in [0.2, 0.25) is 0 Å². The summed E-state index contributed by atoms with van der Waals surface area (Å²) < 4.78 is 4.65. The SMILES string of the molecule is CCCC(C(C)=O)C(=O)NCC(=O)OCC. The molecule has 0 saturated heterocycles. The molecule has 0 saturated carbocycles. The fourth-order valence-corrected chi connectivity index (χ4v) is 1.30. The topological polar surface area (TPSA) is 72.5 Å². The van der Waals surface area contributed by atoms with Crippen LogP contribution in [-0.4, -0.2) is 30.8 Å². The first-order valence-corrected chi connectivity index (χ1v) is 5.46. The van der Waals surface area contributed by atoms with Crippen LogP contribution in [0.15, 0.2) is 0 Å². The molecule has 0 bridgehead atoms. The fraction of sp³-hybridized carbons (Fsp3) is 0.727. The summed E-state index contributed by atoms with van der Waals surface area (Å²) in [7, 11) is 0. The number of hydrogen-bond acceptors (Lipinski definition) is 4. The van der Waals surface area contributed by atoms with E-state index in [1.54, 1.807) is 6.92 Å². The highest BCUT2D eigenvalue weighted by Crippen LogP contribution is 2.07. The highest BCUT2D eigenvalue weighted by molar-refractivity contribution is 6.00. The van der Waals surface area contributed by atoms with Crippen molar-refractivity contribution in [3.05, 3.63) is 0 Å². The molecule has 0 fully saturated rings. The summed E-state index contributed by atoms with van der Waals surface area (Å²) in [6.45, 7) is 5.06. The van der Waals surface area contributed by atoms with E-state index in [0.717, 1.165) is 6.42 Å². The molecule has 16 heavy (non-hydrogen) atoms. The number of ether oxygens (including phenoxy) is 1. The Kier molecular flexibility index (Phi) is 7.16. The number of nitrogens with one attached hydrogen (secondary N) is 1. The van der Waals surface area contributed by atoms with Crippen LogP contribution in [0.3, 0.4) is 0 Å². The Bertz CT molecular complexity index is 263. The molecule has 0 heterocycles. The van der Waals surface area contributed by atoms with E-state index < -0.39 is 17.8 Å². The van der Waals surface area contributed by atoms with Crippen molar-refractivity contribution >= 4 is 17.7 Å². The van der Waals surface area contributed by atoms with Crippen LogP contribution in [0.1, 0.15) is 33.6 Å². The van der Waals surface area contributed by atoms with Crippen molar-refractivity contribution in [3.8, 4) is 0 Å². The number of carbonyl (C=O) groups is 3. The first-order chi connectivity index (χ1) is 7.52. The summed E-state index contributed by atoms with van der Waals surface area (Å²) in [6, 6.07) is 0. The van der Waals surface area contributed by atoms with Gasteiger partial charge in [0.05, 0.1) is 12.5 Å². The third-order valence-electron chi connectivity index (χ3n) is 2.10. The monoisotopic (exact) mass is 229 g/mol. The van der Waals surface area contributed by atoms with Crippen LogP contribution < -0.4 is 5.32 Å². The van der Waals surface area contributed by atoms with Crippen molar-refractivity contribution in [2.45, 2.75) is 33.6 Å². The van der Waals surface area contributed by atoms with E-state index in [4.69, 9.17) is 0 Å². The minimum absolute atomic E-state index is 0.178. The normalized spacial score (nSPS) is 11.7. The van der Waals surface area contributed by atoms with Gasteiger partial charge < -0.3 is 10.1 Å². The third kappa shape index (κ3) is 5.48. The molecule has 0 spiro atoms. The van der Waals surface area contributed by atoms with E-state index >= 15 is 0 Å². The molecule has 1 unspecified atom stereocenters. The van der Waals surface area contributed by atoms with Gasteiger partial charge in [0.25, 0.3) is 0 Å². The van der Waals surface area contributed by atoms with Crippen LogP contribution >= 0.6 is 0 Å². The van der Waals surface area contributed by atoms with Crippen molar-refractivity contribution in [2.75, 3.05) is 13.2 Å². The predicted octanol–water partition coefficient (Wildman–Crippen LogP) is 0.671. The molecule has 0 aliphatic carbocycles. The van der Waals surface area contributed by atoms with Gasteiger partial charge in [-0.05, 0) is 20.3 Å². The first kappa shape index (κ1) is 14.6. The minimum Gasteiger partial charge on any atom is -0.465 e. The maximum Gasteiger partial charge on any atom is 0.325 e. The van der Waals surface area contributed by atoms with Gasteiger partial charge in [-0.15, -0.1) is 0 Å². The average molecular weight is 229 g/mol. The maximum absolute atomic E-state index is 11.5. The predicted molar refractivity (Wildman–Crippen MR) is 58.7 cm³/mol. The van der Waals surface area contributed by atoms with Crippen molar-refractivity contribution in [3.63, 3.8) is 0 Å². The molecular formula is C11H19NO4. The van der Waals surface area contributed by atoms with Gasteiger partial charge in [-0.3, -0.25) is 14.4 Å². The summed E-state index contributed by atoms with van der Waals surface area (Å²) in [5.74, 6) is -1.72. The largest absolute Gasteiger partial charge is 0.465 e. The number of amides is 1. The molecule has 1 N–H and O–H groups in total. The van der Waals surface area contributed by atoms with E-state index in [9.17, 15) is 14.4 Å². The summed E-state index contributed by atoms with van der Waals surface area (Å²) in [6.07, 6.45) is 1.25. The molecule has 0 aromatic rings. The van der Waals surface area contributed by atoms with Gasteiger partial charge in [0.15, 0.2) is 0 Å². The van der Waals surface area contributed by atoms with Gasteiger partial charge in [-0.1, -0.05) is 13.3 Å². The van der Waals surface area contributed by atoms with Gasteiger partial charge in [0, 0.05) is 0 Å². The van der Waals surface area contributed by atoms with Crippen molar-refractivity contribution in [1.82, 2.24) is 5.32 Å². The van der Waals surface area contributed by atoms with E-state index in [1.807, 2.05) is 6.92 Å². The number of ketones is 1. The molecule has 5 nitrogen and oxygen atoms in total. The molecule has 0 radical (unpaired) electrons. The molecule has 0 aromatic heterocycles. The summed E-state index contributed by atoms with van der Waals surface area (Å²) >= 11 is 0. The van der Waals surface area contributed by atoms with Crippen LogP contribution in [-0.2, 0) is 19.1 Å². The molecular weight excluding hydrogens is 210 g/mol. The molecule has 0 aliphatic heterocycles. The Morgan fingerprint density at radius 1 is 1.25 bits per heavy atom. The van der Waals surface area contributed by atoms with Crippen molar-refractivity contribution in [1.29, 1.82) is 0 Å². The fourth-order valence-electron chi connectivity index (χ4n) is 1.30. The van der Waals surface area contributed by atoms with Gasteiger partial charge in [-0.25, -0.2) is 0 Å². The Balaban J connectivity index is 4.11. The number of esters is 1. The average Bonchev–Trinajstić information content (AvgIpc) is 2.22. The Morgan fingerprint density at radius 3 is 2.31 bits per heavy atom. The lowest BCUT2D eigenvalue weighted by Gasteiger charge is -2.12. The molecule has 0 rings (SSSR count). The summed E-state index contributed by atoms with van der Waals surface area (Å²) in [5, 5.41) is 2.40. The lowest BCUT2D eigenvalue weighted by molar-refractivity contribution is -0.144. The lowest BCUT2D eigenvalue weighted by Crippen LogP contribution is -2.38. The van der Waals surface area contributed by atoms with Gasteiger partial charge >= 0.3 is 5.97 Å². The molecule has 1 atom stereocenters. The van der Waals surface area contributed by atoms with Gasteiger partial charge in [-0.2, -0.15) is 0 Å². The lowest BCUT2D eigenvalue weighted by atomic mass is 9.99. The minimum atomic E-state index is -0.653. The second-order valence-corrected chi connectivity index (χ2v) is 3.47. The zero-order chi connectivity index (χ0) is 12.6. The Labute approximate surface area is 95.5 Å². The van der Waals surface area contributed by atoms with Gasteiger partial charge in [0.2, 0.25) is 5.91 Å². The van der Waals surface area contributed by atoms with Crippen molar-refractivity contribution < 1.29 is 19.1 Å². The zero-order valence-corrected chi connectivity index (χ0v) is 10.0. The smallest absolute Gasteiger partial charge is 0.325 e.